The van der Waals surface area contributed by atoms with Gasteiger partial charge in [-0.25, -0.2) is 4.98 Å². The minimum atomic E-state index is -0.414. The summed E-state index contributed by atoms with van der Waals surface area (Å²) in [5.74, 6) is 0.670. The number of aryl methyl sites for hydroxylation is 1. The van der Waals surface area contributed by atoms with Gasteiger partial charge in [-0.1, -0.05) is 13.0 Å². The summed E-state index contributed by atoms with van der Waals surface area (Å²) in [6, 6.07) is 7.42. The molecular weight excluding hydrogens is 262 g/mol. The number of hydrogen-bond donors (Lipinski definition) is 1. The summed E-state index contributed by atoms with van der Waals surface area (Å²) in [6.07, 6.45) is 0.929. The second kappa shape index (κ2) is 5.79. The van der Waals surface area contributed by atoms with E-state index >= 15 is 0 Å². The number of nitrogens with one attached hydrogen (secondary N) is 1. The van der Waals surface area contributed by atoms with Gasteiger partial charge in [0, 0.05) is 10.9 Å². The van der Waals surface area contributed by atoms with E-state index in [4.69, 9.17) is 0 Å². The SMILES string of the molecule is CCC(Nc1ccc([N+](=O)[O-])c(C)n1)c1cccs1. The van der Waals surface area contributed by atoms with E-state index in [-0.39, 0.29) is 11.7 Å². The van der Waals surface area contributed by atoms with E-state index in [2.05, 4.69) is 23.3 Å². The number of nitro groups is 1. The summed E-state index contributed by atoms with van der Waals surface area (Å²) >= 11 is 1.69. The van der Waals surface area contributed by atoms with E-state index in [9.17, 15) is 10.1 Å². The Balaban J connectivity index is 2.19. The number of aromatic nitrogens is 1. The zero-order valence-corrected chi connectivity index (χ0v) is 11.6. The number of nitrogens with zero attached hydrogens (tertiary/aromatic N) is 2. The molecule has 6 heteroatoms. The first-order valence-electron chi connectivity index (χ1n) is 6.03. The average molecular weight is 277 g/mol. The van der Waals surface area contributed by atoms with Gasteiger partial charge in [-0.15, -0.1) is 11.3 Å². The maximum Gasteiger partial charge on any atom is 0.290 e. The summed E-state index contributed by atoms with van der Waals surface area (Å²) in [4.78, 5) is 15.8. The summed E-state index contributed by atoms with van der Waals surface area (Å²) in [7, 11) is 0. The lowest BCUT2D eigenvalue weighted by molar-refractivity contribution is -0.385. The van der Waals surface area contributed by atoms with Crippen LogP contribution in [-0.2, 0) is 0 Å². The van der Waals surface area contributed by atoms with Crippen molar-refractivity contribution in [3.63, 3.8) is 0 Å². The molecule has 5 nitrogen and oxygen atoms in total. The van der Waals surface area contributed by atoms with E-state index in [1.807, 2.05) is 11.4 Å². The van der Waals surface area contributed by atoms with Crippen molar-refractivity contribution in [3.8, 4) is 0 Å². The molecule has 1 unspecified atom stereocenters. The van der Waals surface area contributed by atoms with Crippen molar-refractivity contribution in [2.75, 3.05) is 5.32 Å². The van der Waals surface area contributed by atoms with Crippen LogP contribution in [0.3, 0.4) is 0 Å². The highest BCUT2D eigenvalue weighted by Gasteiger charge is 2.14. The van der Waals surface area contributed by atoms with Crippen LogP contribution >= 0.6 is 11.3 Å². The highest BCUT2D eigenvalue weighted by atomic mass is 32.1. The molecule has 0 aliphatic carbocycles. The standard InChI is InChI=1S/C13H15N3O2S/c1-3-10(12-5-4-8-19-12)15-13-7-6-11(16(17)18)9(2)14-13/h4-8,10H,3H2,1-2H3,(H,14,15). The largest absolute Gasteiger partial charge is 0.362 e. The molecule has 100 valence electrons. The van der Waals surface area contributed by atoms with E-state index in [0.717, 1.165) is 6.42 Å². The van der Waals surface area contributed by atoms with Crippen molar-refractivity contribution in [2.45, 2.75) is 26.3 Å². The fourth-order valence-electron chi connectivity index (χ4n) is 1.87. The molecule has 0 spiro atoms. The summed E-state index contributed by atoms with van der Waals surface area (Å²) < 4.78 is 0. The molecule has 2 rings (SSSR count). The number of anilines is 1. The molecular formula is C13H15N3O2S. The highest BCUT2D eigenvalue weighted by molar-refractivity contribution is 7.10. The normalized spacial score (nSPS) is 12.1. The molecule has 0 saturated heterocycles. The number of pyridine rings is 1. The summed E-state index contributed by atoms with van der Waals surface area (Å²) in [5.41, 5.74) is 0.478. The van der Waals surface area contributed by atoms with E-state index in [1.165, 1.54) is 10.9 Å². The molecule has 0 aliphatic heterocycles. The van der Waals surface area contributed by atoms with Crippen LogP contribution in [0.4, 0.5) is 11.5 Å². The van der Waals surface area contributed by atoms with Crippen molar-refractivity contribution in [1.82, 2.24) is 4.98 Å². The molecule has 1 atom stereocenters. The molecule has 2 aromatic rings. The minimum Gasteiger partial charge on any atom is -0.362 e. The van der Waals surface area contributed by atoms with E-state index < -0.39 is 4.92 Å². The molecule has 0 bridgehead atoms. The quantitative estimate of drug-likeness (QED) is 0.664. The Bertz CT molecular complexity index is 569. The van der Waals surface area contributed by atoms with E-state index in [1.54, 1.807) is 24.3 Å². The van der Waals surface area contributed by atoms with Gasteiger partial charge in [0.1, 0.15) is 11.5 Å². The van der Waals surface area contributed by atoms with Crippen molar-refractivity contribution in [1.29, 1.82) is 0 Å². The van der Waals surface area contributed by atoms with Gasteiger partial charge in [0.15, 0.2) is 0 Å². The maximum atomic E-state index is 10.7. The molecule has 2 aromatic heterocycles. The lowest BCUT2D eigenvalue weighted by Crippen LogP contribution is -2.10. The smallest absolute Gasteiger partial charge is 0.290 e. The Hall–Kier alpha value is -1.95. The molecule has 2 heterocycles. The Morgan fingerprint density at radius 3 is 2.79 bits per heavy atom. The fourth-order valence-corrected chi connectivity index (χ4v) is 2.73. The fraction of sp³-hybridized carbons (Fsp3) is 0.308. The monoisotopic (exact) mass is 277 g/mol. The molecule has 0 saturated carbocycles. The Kier molecular flexibility index (Phi) is 4.11. The van der Waals surface area contributed by atoms with Crippen LogP contribution in [0.15, 0.2) is 29.6 Å². The van der Waals surface area contributed by atoms with Crippen molar-refractivity contribution >= 4 is 22.8 Å². The Labute approximate surface area is 115 Å². The predicted octanol–water partition coefficient (Wildman–Crippen LogP) is 3.92. The van der Waals surface area contributed by atoms with Crippen LogP contribution in [0.25, 0.3) is 0 Å². The van der Waals surface area contributed by atoms with Gasteiger partial charge in [-0.2, -0.15) is 0 Å². The van der Waals surface area contributed by atoms with Gasteiger partial charge in [0.05, 0.1) is 11.0 Å². The van der Waals surface area contributed by atoms with Gasteiger partial charge in [-0.3, -0.25) is 10.1 Å². The second-order valence-corrected chi connectivity index (χ2v) is 5.16. The van der Waals surface area contributed by atoms with Gasteiger partial charge in [0.25, 0.3) is 5.69 Å². The van der Waals surface area contributed by atoms with Crippen molar-refractivity contribution in [3.05, 3.63) is 50.3 Å². The number of thiophene rings is 1. The lowest BCUT2D eigenvalue weighted by Gasteiger charge is -2.16. The van der Waals surface area contributed by atoms with E-state index in [0.29, 0.717) is 11.5 Å². The topological polar surface area (TPSA) is 68.1 Å². The van der Waals surface area contributed by atoms with Crippen LogP contribution in [-0.4, -0.2) is 9.91 Å². The molecule has 0 aliphatic rings. The van der Waals surface area contributed by atoms with Gasteiger partial charge < -0.3 is 5.32 Å². The summed E-state index contributed by atoms with van der Waals surface area (Å²) in [5, 5.41) is 16.1. The molecule has 0 radical (unpaired) electrons. The van der Waals surface area contributed by atoms with Gasteiger partial charge in [0.2, 0.25) is 0 Å². The third-order valence-corrected chi connectivity index (χ3v) is 3.86. The van der Waals surface area contributed by atoms with Crippen LogP contribution < -0.4 is 5.32 Å². The van der Waals surface area contributed by atoms with Gasteiger partial charge in [-0.05, 0) is 30.9 Å². The third-order valence-electron chi connectivity index (χ3n) is 2.87. The van der Waals surface area contributed by atoms with Crippen molar-refractivity contribution in [2.24, 2.45) is 0 Å². The first-order valence-corrected chi connectivity index (χ1v) is 6.91. The predicted molar refractivity (Wildman–Crippen MR) is 76.6 cm³/mol. The maximum absolute atomic E-state index is 10.7. The zero-order chi connectivity index (χ0) is 13.8. The Morgan fingerprint density at radius 2 is 2.26 bits per heavy atom. The molecule has 1 N–H and O–H groups in total. The molecule has 0 fully saturated rings. The first kappa shape index (κ1) is 13.5. The average Bonchev–Trinajstić information content (AvgIpc) is 2.89. The van der Waals surface area contributed by atoms with Crippen LogP contribution in [0.2, 0.25) is 0 Å². The van der Waals surface area contributed by atoms with Crippen molar-refractivity contribution < 1.29 is 4.92 Å². The zero-order valence-electron chi connectivity index (χ0n) is 10.8. The molecule has 0 aromatic carbocycles. The highest BCUT2D eigenvalue weighted by Crippen LogP contribution is 2.26. The summed E-state index contributed by atoms with van der Waals surface area (Å²) in [6.45, 7) is 3.74. The minimum absolute atomic E-state index is 0.0507. The van der Waals surface area contributed by atoms with Gasteiger partial charge >= 0.3 is 0 Å². The molecule has 19 heavy (non-hydrogen) atoms. The number of rotatable bonds is 5. The van der Waals surface area contributed by atoms with Crippen LogP contribution in [0.5, 0.6) is 0 Å². The number of hydrogen-bond acceptors (Lipinski definition) is 5. The van der Waals surface area contributed by atoms with Crippen LogP contribution in [0.1, 0.15) is 30.0 Å². The lowest BCUT2D eigenvalue weighted by atomic mass is 10.2. The first-order chi connectivity index (χ1) is 9.11. The van der Waals surface area contributed by atoms with Crippen LogP contribution in [0, 0.1) is 17.0 Å². The molecule has 0 amide bonds. The third kappa shape index (κ3) is 3.08. The second-order valence-electron chi connectivity index (χ2n) is 4.18. The Morgan fingerprint density at radius 1 is 1.47 bits per heavy atom.